The van der Waals surface area contributed by atoms with Crippen molar-refractivity contribution in [3.63, 3.8) is 0 Å². The van der Waals surface area contributed by atoms with E-state index in [2.05, 4.69) is 34.6 Å². The normalized spacial score (nSPS) is 16.8. The summed E-state index contributed by atoms with van der Waals surface area (Å²) in [6.07, 6.45) is 5.23. The van der Waals surface area contributed by atoms with Crippen molar-refractivity contribution in [3.05, 3.63) is 48.4 Å². The van der Waals surface area contributed by atoms with Crippen LogP contribution in [-0.4, -0.2) is 31.1 Å². The Hall–Kier alpha value is -1.74. The van der Waals surface area contributed by atoms with Crippen molar-refractivity contribution >= 4 is 11.0 Å². The fraction of sp³-hybridized carbons (Fsp3) is 0.333. The van der Waals surface area contributed by atoms with Crippen LogP contribution in [0.3, 0.4) is 0 Å². The van der Waals surface area contributed by atoms with Gasteiger partial charge in [-0.05, 0) is 18.3 Å². The number of piperazine rings is 1. The SMILES string of the molecule is C(=CN1CCNCC1)Cc1cc2ccccc2o1. The lowest BCUT2D eigenvalue weighted by molar-refractivity contribution is 0.323. The highest BCUT2D eigenvalue weighted by Gasteiger charge is 2.04. The predicted molar refractivity (Wildman–Crippen MR) is 73.5 cm³/mol. The molecule has 3 heteroatoms. The molecule has 1 aromatic heterocycles. The summed E-state index contributed by atoms with van der Waals surface area (Å²) in [5, 5.41) is 4.53. The summed E-state index contributed by atoms with van der Waals surface area (Å²) in [6, 6.07) is 10.3. The molecule has 1 aliphatic rings. The molecule has 3 nitrogen and oxygen atoms in total. The summed E-state index contributed by atoms with van der Waals surface area (Å²) < 4.78 is 5.78. The lowest BCUT2D eigenvalue weighted by Gasteiger charge is -2.25. The highest BCUT2D eigenvalue weighted by atomic mass is 16.3. The molecule has 2 heterocycles. The van der Waals surface area contributed by atoms with Crippen LogP contribution in [0.2, 0.25) is 0 Å². The molecule has 18 heavy (non-hydrogen) atoms. The Morgan fingerprint density at radius 1 is 1.22 bits per heavy atom. The quantitative estimate of drug-likeness (QED) is 0.896. The Bertz CT molecular complexity index is 505. The van der Waals surface area contributed by atoms with E-state index in [1.54, 1.807) is 0 Å². The third-order valence-corrected chi connectivity index (χ3v) is 3.26. The fourth-order valence-electron chi connectivity index (χ4n) is 2.29. The van der Waals surface area contributed by atoms with E-state index in [-0.39, 0.29) is 0 Å². The lowest BCUT2D eigenvalue weighted by Crippen LogP contribution is -2.40. The van der Waals surface area contributed by atoms with Gasteiger partial charge in [-0.3, -0.25) is 0 Å². The van der Waals surface area contributed by atoms with Crippen LogP contribution in [0.1, 0.15) is 5.76 Å². The van der Waals surface area contributed by atoms with Crippen molar-refractivity contribution in [2.45, 2.75) is 6.42 Å². The summed E-state index contributed by atoms with van der Waals surface area (Å²) in [6.45, 7) is 4.34. The second-order valence-electron chi connectivity index (χ2n) is 4.63. The van der Waals surface area contributed by atoms with E-state index in [4.69, 9.17) is 4.42 Å². The van der Waals surface area contributed by atoms with Crippen LogP contribution in [-0.2, 0) is 6.42 Å². The van der Waals surface area contributed by atoms with Crippen molar-refractivity contribution in [1.82, 2.24) is 10.2 Å². The number of benzene rings is 1. The molecule has 1 N–H and O–H groups in total. The van der Waals surface area contributed by atoms with Gasteiger partial charge in [0.05, 0.1) is 0 Å². The number of rotatable bonds is 3. The number of allylic oxidation sites excluding steroid dienone is 1. The summed E-state index contributed by atoms with van der Waals surface area (Å²) in [7, 11) is 0. The number of hydrogen-bond donors (Lipinski definition) is 1. The summed E-state index contributed by atoms with van der Waals surface area (Å²) in [5.74, 6) is 1.03. The van der Waals surface area contributed by atoms with Crippen LogP contribution in [0.15, 0.2) is 47.0 Å². The van der Waals surface area contributed by atoms with Gasteiger partial charge in [0.1, 0.15) is 11.3 Å². The minimum absolute atomic E-state index is 0.860. The highest BCUT2D eigenvalue weighted by molar-refractivity contribution is 5.77. The van der Waals surface area contributed by atoms with Gasteiger partial charge in [0, 0.05) is 38.0 Å². The van der Waals surface area contributed by atoms with Gasteiger partial charge in [0.25, 0.3) is 0 Å². The first-order chi connectivity index (χ1) is 8.92. The minimum atomic E-state index is 0.860. The summed E-state index contributed by atoms with van der Waals surface area (Å²) in [4.78, 5) is 2.35. The van der Waals surface area contributed by atoms with Gasteiger partial charge >= 0.3 is 0 Å². The number of nitrogens with one attached hydrogen (secondary N) is 1. The molecule has 0 bridgehead atoms. The van der Waals surface area contributed by atoms with Crippen molar-refractivity contribution in [1.29, 1.82) is 0 Å². The van der Waals surface area contributed by atoms with E-state index in [9.17, 15) is 0 Å². The van der Waals surface area contributed by atoms with E-state index >= 15 is 0 Å². The second-order valence-corrected chi connectivity index (χ2v) is 4.63. The fourth-order valence-corrected chi connectivity index (χ4v) is 2.29. The van der Waals surface area contributed by atoms with Crippen LogP contribution in [0.25, 0.3) is 11.0 Å². The smallest absolute Gasteiger partial charge is 0.134 e. The topological polar surface area (TPSA) is 28.4 Å². The first kappa shape index (κ1) is 11.4. The van der Waals surface area contributed by atoms with Gasteiger partial charge in [-0.15, -0.1) is 0 Å². The first-order valence-corrected chi connectivity index (χ1v) is 6.51. The van der Waals surface area contributed by atoms with E-state index in [1.165, 1.54) is 5.39 Å². The molecular weight excluding hydrogens is 224 g/mol. The molecule has 2 aromatic rings. The molecule has 0 aliphatic carbocycles. The van der Waals surface area contributed by atoms with Crippen molar-refractivity contribution in [2.24, 2.45) is 0 Å². The van der Waals surface area contributed by atoms with Crippen LogP contribution in [0, 0.1) is 0 Å². The zero-order chi connectivity index (χ0) is 12.2. The Labute approximate surface area is 107 Å². The zero-order valence-electron chi connectivity index (χ0n) is 10.4. The van der Waals surface area contributed by atoms with Gasteiger partial charge in [-0.2, -0.15) is 0 Å². The molecule has 1 aromatic carbocycles. The van der Waals surface area contributed by atoms with Gasteiger partial charge in [0.2, 0.25) is 0 Å². The van der Waals surface area contributed by atoms with Gasteiger partial charge in [-0.25, -0.2) is 0 Å². The number of furan rings is 1. The molecule has 1 aliphatic heterocycles. The maximum Gasteiger partial charge on any atom is 0.134 e. The molecule has 0 spiro atoms. The van der Waals surface area contributed by atoms with Crippen LogP contribution >= 0.6 is 0 Å². The third-order valence-electron chi connectivity index (χ3n) is 3.26. The minimum Gasteiger partial charge on any atom is -0.461 e. The molecule has 0 saturated carbocycles. The maximum atomic E-state index is 5.78. The third kappa shape index (κ3) is 2.57. The molecule has 0 radical (unpaired) electrons. The average molecular weight is 242 g/mol. The van der Waals surface area contributed by atoms with E-state index < -0.39 is 0 Å². The van der Waals surface area contributed by atoms with Crippen LogP contribution < -0.4 is 5.32 Å². The molecule has 3 rings (SSSR count). The molecule has 0 amide bonds. The highest BCUT2D eigenvalue weighted by Crippen LogP contribution is 2.19. The lowest BCUT2D eigenvalue weighted by atomic mass is 10.2. The van der Waals surface area contributed by atoms with Crippen LogP contribution in [0.4, 0.5) is 0 Å². The summed E-state index contributed by atoms with van der Waals surface area (Å²) >= 11 is 0. The largest absolute Gasteiger partial charge is 0.461 e. The van der Waals surface area contributed by atoms with E-state index in [0.29, 0.717) is 0 Å². The molecule has 0 atom stereocenters. The molecule has 94 valence electrons. The standard InChI is InChI=1S/C15H18N2O/c1-2-6-15-13(4-1)12-14(18-15)5-3-9-17-10-7-16-8-11-17/h1-4,6,9,12,16H,5,7-8,10-11H2. The number of para-hydroxylation sites is 1. The van der Waals surface area contributed by atoms with Crippen molar-refractivity contribution < 1.29 is 4.42 Å². The number of nitrogens with zero attached hydrogens (tertiary/aromatic N) is 1. The number of fused-ring (bicyclic) bond motifs is 1. The summed E-state index contributed by atoms with van der Waals surface area (Å²) in [5.41, 5.74) is 0.975. The monoisotopic (exact) mass is 242 g/mol. The molecule has 1 saturated heterocycles. The number of hydrogen-bond acceptors (Lipinski definition) is 3. The molecule has 0 unspecified atom stereocenters. The first-order valence-electron chi connectivity index (χ1n) is 6.51. The molecule has 1 fully saturated rings. The van der Waals surface area contributed by atoms with Crippen molar-refractivity contribution in [2.75, 3.05) is 26.2 Å². The average Bonchev–Trinajstić information content (AvgIpc) is 2.82. The van der Waals surface area contributed by atoms with Crippen LogP contribution in [0.5, 0.6) is 0 Å². The maximum absolute atomic E-state index is 5.78. The Morgan fingerprint density at radius 3 is 2.89 bits per heavy atom. The van der Waals surface area contributed by atoms with E-state index in [1.807, 2.05) is 18.2 Å². The van der Waals surface area contributed by atoms with Gasteiger partial charge < -0.3 is 14.6 Å². The second kappa shape index (κ2) is 5.27. The zero-order valence-corrected chi connectivity index (χ0v) is 10.4. The molecular formula is C15H18N2O. The Morgan fingerprint density at radius 2 is 2.06 bits per heavy atom. The van der Waals surface area contributed by atoms with Gasteiger partial charge in [-0.1, -0.05) is 24.3 Å². The van der Waals surface area contributed by atoms with E-state index in [0.717, 1.165) is 43.9 Å². The van der Waals surface area contributed by atoms with Gasteiger partial charge in [0.15, 0.2) is 0 Å². The predicted octanol–water partition coefficient (Wildman–Crippen LogP) is 2.39. The Balaban J connectivity index is 1.63. The Kier molecular flexibility index (Phi) is 3.33. The van der Waals surface area contributed by atoms with Crippen molar-refractivity contribution in [3.8, 4) is 0 Å².